The second-order valence-electron chi connectivity index (χ2n) is 3.41. The van der Waals surface area contributed by atoms with E-state index in [1.54, 1.807) is 0 Å². The predicted molar refractivity (Wildman–Crippen MR) is 59.4 cm³/mol. The molecule has 0 aromatic carbocycles. The van der Waals surface area contributed by atoms with Gasteiger partial charge >= 0.3 is 0 Å². The van der Waals surface area contributed by atoms with Crippen LogP contribution in [0.3, 0.4) is 0 Å². The normalized spacial score (nSPS) is 9.38. The Hall–Kier alpha value is -0.480. The van der Waals surface area contributed by atoms with Crippen molar-refractivity contribution in [2.75, 3.05) is 6.54 Å². The molecule has 0 aromatic rings. The molecule has 1 nitrogen and oxygen atoms in total. The maximum absolute atomic E-state index is 5.36. The van der Waals surface area contributed by atoms with Crippen molar-refractivity contribution in [3.8, 4) is 11.8 Å². The first-order valence-electron chi connectivity index (χ1n) is 5.57. The number of hydrogen-bond acceptors (Lipinski definition) is 1. The van der Waals surface area contributed by atoms with Crippen LogP contribution in [0.5, 0.6) is 0 Å². The summed E-state index contributed by atoms with van der Waals surface area (Å²) in [5.41, 5.74) is 5.36. The van der Waals surface area contributed by atoms with Gasteiger partial charge in [-0.1, -0.05) is 32.6 Å². The predicted octanol–water partition coefficient (Wildman–Crippen LogP) is 3.09. The Balaban J connectivity index is 2.99. The lowest BCUT2D eigenvalue weighted by Gasteiger charge is -1.94. The maximum Gasteiger partial charge on any atom is 0.0101 e. The number of nitrogens with two attached hydrogens (primary N) is 1. The molecule has 0 rings (SSSR count). The third-order valence-corrected chi connectivity index (χ3v) is 2.04. The largest absolute Gasteiger partial charge is 0.330 e. The Morgan fingerprint density at radius 1 is 0.846 bits per heavy atom. The zero-order valence-electron chi connectivity index (χ0n) is 8.94. The lowest BCUT2D eigenvalue weighted by molar-refractivity contribution is 0.641. The summed E-state index contributed by atoms with van der Waals surface area (Å²) < 4.78 is 0. The van der Waals surface area contributed by atoms with Crippen molar-refractivity contribution in [3.63, 3.8) is 0 Å². The Morgan fingerprint density at radius 3 is 2.08 bits per heavy atom. The fourth-order valence-electron chi connectivity index (χ4n) is 1.18. The lowest BCUT2D eigenvalue weighted by atomic mass is 10.1. The summed E-state index contributed by atoms with van der Waals surface area (Å²) >= 11 is 0. The van der Waals surface area contributed by atoms with E-state index in [9.17, 15) is 0 Å². The molecular formula is C12H23N. The number of hydrogen-bond donors (Lipinski definition) is 1. The Morgan fingerprint density at radius 2 is 1.46 bits per heavy atom. The van der Waals surface area contributed by atoms with Gasteiger partial charge in [0.2, 0.25) is 0 Å². The molecule has 0 amide bonds. The molecule has 1 heteroatoms. The minimum atomic E-state index is 0.769. The molecule has 0 atom stereocenters. The molecule has 0 radical (unpaired) electrons. The summed E-state index contributed by atoms with van der Waals surface area (Å²) in [6.45, 7) is 3.01. The Labute approximate surface area is 83.1 Å². The molecule has 0 aromatic heterocycles. The average molecular weight is 181 g/mol. The summed E-state index contributed by atoms with van der Waals surface area (Å²) in [5.74, 6) is 6.34. The fraction of sp³-hybridized carbons (Fsp3) is 0.833. The molecule has 0 aliphatic heterocycles. The van der Waals surface area contributed by atoms with Crippen LogP contribution in [0.15, 0.2) is 0 Å². The highest BCUT2D eigenvalue weighted by molar-refractivity contribution is 4.98. The van der Waals surface area contributed by atoms with E-state index >= 15 is 0 Å². The first kappa shape index (κ1) is 12.5. The van der Waals surface area contributed by atoms with E-state index < -0.39 is 0 Å². The van der Waals surface area contributed by atoms with Crippen molar-refractivity contribution >= 4 is 0 Å². The van der Waals surface area contributed by atoms with Crippen LogP contribution in [0.4, 0.5) is 0 Å². The highest BCUT2D eigenvalue weighted by Gasteiger charge is 1.85. The van der Waals surface area contributed by atoms with Gasteiger partial charge in [0.05, 0.1) is 0 Å². The lowest BCUT2D eigenvalue weighted by Crippen LogP contribution is -1.96. The molecule has 0 aliphatic rings. The first-order valence-corrected chi connectivity index (χ1v) is 5.57. The van der Waals surface area contributed by atoms with Crippen LogP contribution in [0.25, 0.3) is 0 Å². The van der Waals surface area contributed by atoms with Gasteiger partial charge in [-0.05, 0) is 19.4 Å². The smallest absolute Gasteiger partial charge is 0.0101 e. The van der Waals surface area contributed by atoms with Gasteiger partial charge in [0.25, 0.3) is 0 Å². The SMILES string of the molecule is CCCCCCCC#CCCCN. The van der Waals surface area contributed by atoms with Crippen LogP contribution in [-0.4, -0.2) is 6.54 Å². The molecule has 76 valence electrons. The van der Waals surface area contributed by atoms with Gasteiger partial charge in [-0.2, -0.15) is 0 Å². The van der Waals surface area contributed by atoms with Crippen LogP contribution < -0.4 is 5.73 Å². The zero-order valence-corrected chi connectivity index (χ0v) is 8.94. The van der Waals surface area contributed by atoms with Crippen LogP contribution >= 0.6 is 0 Å². The molecule has 0 saturated heterocycles. The van der Waals surface area contributed by atoms with E-state index in [0.29, 0.717) is 0 Å². The molecule has 0 bridgehead atoms. The third-order valence-electron chi connectivity index (χ3n) is 2.04. The first-order chi connectivity index (χ1) is 6.41. The Kier molecular flexibility index (Phi) is 11.1. The molecule has 0 heterocycles. The minimum absolute atomic E-state index is 0.769. The second-order valence-corrected chi connectivity index (χ2v) is 3.41. The summed E-state index contributed by atoms with van der Waals surface area (Å²) in [4.78, 5) is 0. The quantitative estimate of drug-likeness (QED) is 0.474. The van der Waals surface area contributed by atoms with Crippen molar-refractivity contribution in [2.45, 2.75) is 58.3 Å². The molecule has 13 heavy (non-hydrogen) atoms. The van der Waals surface area contributed by atoms with Gasteiger partial charge in [-0.25, -0.2) is 0 Å². The van der Waals surface area contributed by atoms with Gasteiger partial charge < -0.3 is 5.73 Å². The van der Waals surface area contributed by atoms with Crippen molar-refractivity contribution in [1.29, 1.82) is 0 Å². The topological polar surface area (TPSA) is 26.0 Å². The molecule has 0 saturated carbocycles. The van der Waals surface area contributed by atoms with E-state index in [0.717, 1.165) is 25.8 Å². The summed E-state index contributed by atoms with van der Waals surface area (Å²) in [5, 5.41) is 0. The average Bonchev–Trinajstić information content (AvgIpc) is 2.16. The van der Waals surface area contributed by atoms with Crippen molar-refractivity contribution in [2.24, 2.45) is 5.73 Å². The van der Waals surface area contributed by atoms with E-state index in [-0.39, 0.29) is 0 Å². The summed E-state index contributed by atoms with van der Waals surface area (Å²) in [7, 11) is 0. The second kappa shape index (κ2) is 11.5. The standard InChI is InChI=1S/C12H23N/c1-2-3-4-5-6-7-8-9-10-11-12-13/h2-7,10-13H2,1H3. The number of rotatable bonds is 7. The van der Waals surface area contributed by atoms with E-state index in [2.05, 4.69) is 18.8 Å². The Bertz CT molecular complexity index is 141. The molecule has 0 aliphatic carbocycles. The monoisotopic (exact) mass is 181 g/mol. The maximum atomic E-state index is 5.36. The molecule has 0 unspecified atom stereocenters. The van der Waals surface area contributed by atoms with Gasteiger partial charge in [0.1, 0.15) is 0 Å². The fourth-order valence-corrected chi connectivity index (χ4v) is 1.18. The van der Waals surface area contributed by atoms with E-state index in [4.69, 9.17) is 5.73 Å². The molecule has 2 N–H and O–H groups in total. The van der Waals surface area contributed by atoms with Gasteiger partial charge in [0, 0.05) is 12.8 Å². The third kappa shape index (κ3) is 11.5. The van der Waals surface area contributed by atoms with Crippen LogP contribution in [-0.2, 0) is 0 Å². The highest BCUT2D eigenvalue weighted by atomic mass is 14.5. The zero-order chi connectivity index (χ0) is 9.78. The molecule has 0 spiro atoms. The van der Waals surface area contributed by atoms with Crippen molar-refractivity contribution in [3.05, 3.63) is 0 Å². The van der Waals surface area contributed by atoms with E-state index in [1.165, 1.54) is 32.1 Å². The van der Waals surface area contributed by atoms with Crippen LogP contribution in [0.1, 0.15) is 58.3 Å². The number of unbranched alkanes of at least 4 members (excludes halogenated alkanes) is 6. The summed E-state index contributed by atoms with van der Waals surface area (Å²) in [6, 6.07) is 0. The highest BCUT2D eigenvalue weighted by Crippen LogP contribution is 2.03. The van der Waals surface area contributed by atoms with Gasteiger partial charge in [0.15, 0.2) is 0 Å². The van der Waals surface area contributed by atoms with Gasteiger partial charge in [-0.3, -0.25) is 0 Å². The van der Waals surface area contributed by atoms with Crippen molar-refractivity contribution < 1.29 is 0 Å². The minimum Gasteiger partial charge on any atom is -0.330 e. The van der Waals surface area contributed by atoms with Crippen LogP contribution in [0, 0.1) is 11.8 Å². The summed E-state index contributed by atoms with van der Waals surface area (Å²) in [6.07, 6.45) is 9.79. The van der Waals surface area contributed by atoms with E-state index in [1.807, 2.05) is 0 Å². The molecule has 0 fully saturated rings. The molecular weight excluding hydrogens is 158 g/mol. The van der Waals surface area contributed by atoms with Crippen LogP contribution in [0.2, 0.25) is 0 Å². The van der Waals surface area contributed by atoms with Crippen molar-refractivity contribution in [1.82, 2.24) is 0 Å². The van der Waals surface area contributed by atoms with Gasteiger partial charge in [-0.15, -0.1) is 11.8 Å².